The second kappa shape index (κ2) is 7.71. The Morgan fingerprint density at radius 2 is 2.11 bits per heavy atom. The third-order valence-corrected chi connectivity index (χ3v) is 3.86. The molecule has 5 heteroatoms. The van der Waals surface area contributed by atoms with E-state index >= 15 is 0 Å². The van der Waals surface area contributed by atoms with Gasteiger partial charge in [-0.2, -0.15) is 0 Å². The molecule has 1 aliphatic rings. The van der Waals surface area contributed by atoms with E-state index in [1.165, 1.54) is 7.11 Å². The van der Waals surface area contributed by atoms with Gasteiger partial charge in [-0.3, -0.25) is 4.79 Å². The zero-order valence-electron chi connectivity index (χ0n) is 11.7. The normalized spacial score (nSPS) is 27.4. The number of rotatable bonds is 8. The molecule has 5 nitrogen and oxygen atoms in total. The quantitative estimate of drug-likeness (QED) is 0.520. The SMILES string of the molecule is CNC1(C(=O)OC)CCCC1CCOCCOC. The topological polar surface area (TPSA) is 56.8 Å². The zero-order chi connectivity index (χ0) is 13.4. The van der Waals surface area contributed by atoms with Crippen LogP contribution in [0.4, 0.5) is 0 Å². The molecular weight excluding hydrogens is 234 g/mol. The number of likely N-dealkylation sites (N-methyl/N-ethyl adjacent to an activating group) is 1. The number of carbonyl (C=O) groups excluding carboxylic acids is 1. The van der Waals surface area contributed by atoms with Crippen molar-refractivity contribution in [1.82, 2.24) is 5.32 Å². The monoisotopic (exact) mass is 259 g/mol. The summed E-state index contributed by atoms with van der Waals surface area (Å²) in [6, 6.07) is 0. The summed E-state index contributed by atoms with van der Waals surface area (Å²) in [6.07, 6.45) is 3.82. The highest BCUT2D eigenvalue weighted by Gasteiger charge is 2.48. The summed E-state index contributed by atoms with van der Waals surface area (Å²) in [7, 11) is 4.94. The summed E-state index contributed by atoms with van der Waals surface area (Å²) in [6.45, 7) is 1.88. The van der Waals surface area contributed by atoms with Crippen LogP contribution in [0, 0.1) is 5.92 Å². The number of carbonyl (C=O) groups is 1. The van der Waals surface area contributed by atoms with Gasteiger partial charge < -0.3 is 19.5 Å². The van der Waals surface area contributed by atoms with Crippen LogP contribution in [0.5, 0.6) is 0 Å². The first-order valence-electron chi connectivity index (χ1n) is 6.55. The van der Waals surface area contributed by atoms with E-state index in [1.807, 2.05) is 7.05 Å². The summed E-state index contributed by atoms with van der Waals surface area (Å²) in [4.78, 5) is 12.0. The first-order chi connectivity index (χ1) is 8.71. The van der Waals surface area contributed by atoms with Crippen LogP contribution in [0.2, 0.25) is 0 Å². The van der Waals surface area contributed by atoms with Crippen LogP contribution < -0.4 is 5.32 Å². The molecule has 1 saturated carbocycles. The smallest absolute Gasteiger partial charge is 0.326 e. The Bertz CT molecular complexity index is 259. The molecule has 0 amide bonds. The van der Waals surface area contributed by atoms with E-state index in [9.17, 15) is 4.79 Å². The third kappa shape index (κ3) is 3.43. The van der Waals surface area contributed by atoms with Gasteiger partial charge in [0.05, 0.1) is 20.3 Å². The van der Waals surface area contributed by atoms with Crippen LogP contribution >= 0.6 is 0 Å². The second-order valence-electron chi connectivity index (χ2n) is 4.70. The van der Waals surface area contributed by atoms with Gasteiger partial charge in [0.15, 0.2) is 0 Å². The zero-order valence-corrected chi connectivity index (χ0v) is 11.7. The molecule has 0 saturated heterocycles. The van der Waals surface area contributed by atoms with E-state index in [0.29, 0.717) is 19.8 Å². The molecule has 0 aromatic heterocycles. The number of methoxy groups -OCH3 is 2. The van der Waals surface area contributed by atoms with Crippen molar-refractivity contribution in [3.05, 3.63) is 0 Å². The van der Waals surface area contributed by atoms with Crippen molar-refractivity contribution in [2.45, 2.75) is 31.2 Å². The molecule has 1 aliphatic carbocycles. The van der Waals surface area contributed by atoms with E-state index in [2.05, 4.69) is 5.32 Å². The third-order valence-electron chi connectivity index (χ3n) is 3.86. The molecule has 0 spiro atoms. The fraction of sp³-hybridized carbons (Fsp3) is 0.923. The average molecular weight is 259 g/mol. The highest BCUT2D eigenvalue weighted by atomic mass is 16.5. The minimum atomic E-state index is -0.515. The molecule has 1 N–H and O–H groups in total. The van der Waals surface area contributed by atoms with Gasteiger partial charge in [0, 0.05) is 13.7 Å². The Kier molecular flexibility index (Phi) is 6.60. The first-order valence-corrected chi connectivity index (χ1v) is 6.55. The van der Waals surface area contributed by atoms with Crippen LogP contribution in [-0.4, -0.2) is 52.6 Å². The minimum absolute atomic E-state index is 0.149. The fourth-order valence-corrected chi connectivity index (χ4v) is 2.82. The van der Waals surface area contributed by atoms with Crippen molar-refractivity contribution in [2.75, 3.05) is 41.1 Å². The minimum Gasteiger partial charge on any atom is -0.468 e. The largest absolute Gasteiger partial charge is 0.468 e. The van der Waals surface area contributed by atoms with E-state index in [4.69, 9.17) is 14.2 Å². The molecule has 0 aliphatic heterocycles. The lowest BCUT2D eigenvalue weighted by molar-refractivity contribution is -0.150. The fourth-order valence-electron chi connectivity index (χ4n) is 2.82. The van der Waals surface area contributed by atoms with Gasteiger partial charge in [-0.15, -0.1) is 0 Å². The van der Waals surface area contributed by atoms with Gasteiger partial charge in [0.25, 0.3) is 0 Å². The summed E-state index contributed by atoms with van der Waals surface area (Å²) >= 11 is 0. The summed E-state index contributed by atoms with van der Waals surface area (Å²) in [5.74, 6) is 0.141. The Balaban J connectivity index is 2.45. The highest BCUT2D eigenvalue weighted by molar-refractivity contribution is 5.81. The highest BCUT2D eigenvalue weighted by Crippen LogP contribution is 2.38. The number of nitrogens with one attached hydrogen (secondary N) is 1. The summed E-state index contributed by atoms with van der Waals surface area (Å²) in [5.41, 5.74) is -0.515. The van der Waals surface area contributed by atoms with Gasteiger partial charge >= 0.3 is 5.97 Å². The Hall–Kier alpha value is -0.650. The molecule has 2 atom stereocenters. The van der Waals surface area contributed by atoms with Crippen molar-refractivity contribution in [1.29, 1.82) is 0 Å². The lowest BCUT2D eigenvalue weighted by Gasteiger charge is -2.32. The van der Waals surface area contributed by atoms with Crippen LogP contribution in [0.3, 0.4) is 0 Å². The van der Waals surface area contributed by atoms with Crippen molar-refractivity contribution >= 4 is 5.97 Å². The van der Waals surface area contributed by atoms with Gasteiger partial charge in [-0.25, -0.2) is 0 Å². The van der Waals surface area contributed by atoms with E-state index < -0.39 is 5.54 Å². The van der Waals surface area contributed by atoms with Gasteiger partial charge in [-0.05, 0) is 32.2 Å². The molecule has 2 unspecified atom stereocenters. The summed E-state index contributed by atoms with van der Waals surface area (Å²) < 4.78 is 15.3. The van der Waals surface area contributed by atoms with Crippen molar-refractivity contribution < 1.29 is 19.0 Å². The molecule has 0 bridgehead atoms. The maximum absolute atomic E-state index is 12.0. The molecular formula is C13H25NO4. The van der Waals surface area contributed by atoms with Crippen LogP contribution in [0.15, 0.2) is 0 Å². The van der Waals surface area contributed by atoms with Gasteiger partial charge in [-0.1, -0.05) is 6.42 Å². The number of esters is 1. The van der Waals surface area contributed by atoms with Crippen molar-refractivity contribution in [2.24, 2.45) is 5.92 Å². The maximum atomic E-state index is 12.0. The average Bonchev–Trinajstić information content (AvgIpc) is 2.81. The Morgan fingerprint density at radius 1 is 1.33 bits per heavy atom. The Morgan fingerprint density at radius 3 is 2.72 bits per heavy atom. The van der Waals surface area contributed by atoms with E-state index in [1.54, 1.807) is 7.11 Å². The van der Waals surface area contributed by atoms with Gasteiger partial charge in [0.2, 0.25) is 0 Å². The molecule has 0 heterocycles. The van der Waals surface area contributed by atoms with Crippen LogP contribution in [0.1, 0.15) is 25.7 Å². The lowest BCUT2D eigenvalue weighted by atomic mass is 9.85. The molecule has 1 fully saturated rings. The predicted molar refractivity (Wildman–Crippen MR) is 68.5 cm³/mol. The Labute approximate surface area is 109 Å². The van der Waals surface area contributed by atoms with Crippen LogP contribution in [0.25, 0.3) is 0 Å². The number of hydrogen-bond acceptors (Lipinski definition) is 5. The molecule has 0 aromatic carbocycles. The molecule has 106 valence electrons. The second-order valence-corrected chi connectivity index (χ2v) is 4.70. The summed E-state index contributed by atoms with van der Waals surface area (Å²) in [5, 5.41) is 3.18. The van der Waals surface area contributed by atoms with E-state index in [0.717, 1.165) is 25.7 Å². The first kappa shape index (κ1) is 15.4. The maximum Gasteiger partial charge on any atom is 0.326 e. The van der Waals surface area contributed by atoms with Gasteiger partial charge in [0.1, 0.15) is 5.54 Å². The van der Waals surface area contributed by atoms with Crippen LogP contribution in [-0.2, 0) is 19.0 Å². The standard InChI is InChI=1S/C13H25NO4/c1-14-13(12(15)17-3)7-4-5-11(13)6-8-18-10-9-16-2/h11,14H,4-10H2,1-3H3. The molecule has 0 aromatic rings. The molecule has 0 radical (unpaired) electrons. The number of hydrogen-bond donors (Lipinski definition) is 1. The van der Waals surface area contributed by atoms with Crippen molar-refractivity contribution in [3.8, 4) is 0 Å². The lowest BCUT2D eigenvalue weighted by Crippen LogP contribution is -2.54. The number of ether oxygens (including phenoxy) is 3. The molecule has 1 rings (SSSR count). The predicted octanol–water partition coefficient (Wildman–Crippen LogP) is 0.971. The molecule has 18 heavy (non-hydrogen) atoms. The van der Waals surface area contributed by atoms with Crippen molar-refractivity contribution in [3.63, 3.8) is 0 Å². The van der Waals surface area contributed by atoms with E-state index in [-0.39, 0.29) is 11.9 Å².